The molecule has 1 heterocycles. The highest BCUT2D eigenvalue weighted by Gasteiger charge is 2.16. The summed E-state index contributed by atoms with van der Waals surface area (Å²) in [7, 11) is 0. The summed E-state index contributed by atoms with van der Waals surface area (Å²) in [6, 6.07) is 9.75. The van der Waals surface area contributed by atoms with E-state index in [-0.39, 0.29) is 6.04 Å². The van der Waals surface area contributed by atoms with Gasteiger partial charge in [-0.25, -0.2) is 5.43 Å². The number of nitrogens with one attached hydrogen (secondary N) is 1. The molecule has 3 nitrogen and oxygen atoms in total. The average Bonchev–Trinajstić information content (AvgIpc) is 2.37. The first kappa shape index (κ1) is 13.0. The molecule has 0 bridgehead atoms. The molecule has 4 heteroatoms. The normalized spacial score (nSPS) is 12.4. The molecule has 2 rings (SSSR count). The van der Waals surface area contributed by atoms with Crippen LogP contribution < -0.4 is 11.3 Å². The third kappa shape index (κ3) is 2.53. The van der Waals surface area contributed by atoms with Gasteiger partial charge < -0.3 is 0 Å². The standard InChI is InChI=1S/C14H16ClN3/c1-9-4-3-5-12(10(9)2)14(18-16)13-7-6-11(15)8-17-13/h3-8,14,18H,16H2,1-2H3. The molecule has 0 fully saturated rings. The van der Waals surface area contributed by atoms with E-state index in [9.17, 15) is 0 Å². The first-order chi connectivity index (χ1) is 8.63. The second-order valence-electron chi connectivity index (χ2n) is 4.29. The van der Waals surface area contributed by atoms with Crippen molar-refractivity contribution in [2.24, 2.45) is 5.84 Å². The minimum Gasteiger partial charge on any atom is -0.271 e. The van der Waals surface area contributed by atoms with Gasteiger partial charge in [-0.2, -0.15) is 0 Å². The molecule has 0 aliphatic rings. The van der Waals surface area contributed by atoms with Gasteiger partial charge in [0.05, 0.1) is 16.8 Å². The molecule has 0 saturated heterocycles. The predicted molar refractivity (Wildman–Crippen MR) is 74.3 cm³/mol. The lowest BCUT2D eigenvalue weighted by molar-refractivity contribution is 0.617. The van der Waals surface area contributed by atoms with E-state index in [1.165, 1.54) is 11.1 Å². The van der Waals surface area contributed by atoms with Crippen LogP contribution in [-0.4, -0.2) is 4.98 Å². The van der Waals surface area contributed by atoms with Crippen molar-refractivity contribution in [3.63, 3.8) is 0 Å². The Morgan fingerprint density at radius 1 is 1.22 bits per heavy atom. The summed E-state index contributed by atoms with van der Waals surface area (Å²) in [6.07, 6.45) is 1.63. The number of aromatic nitrogens is 1. The number of nitrogens with two attached hydrogens (primary N) is 1. The van der Waals surface area contributed by atoms with E-state index >= 15 is 0 Å². The lowest BCUT2D eigenvalue weighted by Crippen LogP contribution is -2.30. The smallest absolute Gasteiger partial charge is 0.0884 e. The van der Waals surface area contributed by atoms with E-state index < -0.39 is 0 Å². The summed E-state index contributed by atoms with van der Waals surface area (Å²) in [5, 5.41) is 0.621. The Morgan fingerprint density at radius 3 is 2.61 bits per heavy atom. The quantitative estimate of drug-likeness (QED) is 0.660. The number of hydrazine groups is 1. The molecular formula is C14H16ClN3. The number of rotatable bonds is 3. The molecule has 0 saturated carbocycles. The summed E-state index contributed by atoms with van der Waals surface area (Å²) in [6.45, 7) is 4.17. The summed E-state index contributed by atoms with van der Waals surface area (Å²) in [4.78, 5) is 4.32. The van der Waals surface area contributed by atoms with E-state index in [4.69, 9.17) is 17.4 Å². The zero-order chi connectivity index (χ0) is 13.1. The molecule has 94 valence electrons. The van der Waals surface area contributed by atoms with Crippen LogP contribution in [0.5, 0.6) is 0 Å². The van der Waals surface area contributed by atoms with Crippen LogP contribution in [-0.2, 0) is 0 Å². The number of nitrogens with zero attached hydrogens (tertiary/aromatic N) is 1. The Labute approximate surface area is 112 Å². The van der Waals surface area contributed by atoms with Gasteiger partial charge >= 0.3 is 0 Å². The van der Waals surface area contributed by atoms with Crippen LogP contribution in [0.15, 0.2) is 36.5 Å². The van der Waals surface area contributed by atoms with Gasteiger partial charge in [0.2, 0.25) is 0 Å². The van der Waals surface area contributed by atoms with Gasteiger partial charge in [0.1, 0.15) is 0 Å². The monoisotopic (exact) mass is 261 g/mol. The molecular weight excluding hydrogens is 246 g/mol. The second kappa shape index (κ2) is 5.48. The molecule has 0 aliphatic heterocycles. The molecule has 1 aromatic heterocycles. The fourth-order valence-electron chi connectivity index (χ4n) is 1.98. The van der Waals surface area contributed by atoms with Gasteiger partial charge in [0.25, 0.3) is 0 Å². The van der Waals surface area contributed by atoms with Gasteiger partial charge in [-0.1, -0.05) is 29.8 Å². The van der Waals surface area contributed by atoms with Crippen LogP contribution in [0, 0.1) is 13.8 Å². The summed E-state index contributed by atoms with van der Waals surface area (Å²) in [5.41, 5.74) is 7.26. The van der Waals surface area contributed by atoms with Gasteiger partial charge in [0, 0.05) is 6.20 Å². The number of hydrogen-bond acceptors (Lipinski definition) is 3. The van der Waals surface area contributed by atoms with Crippen molar-refractivity contribution in [1.82, 2.24) is 10.4 Å². The van der Waals surface area contributed by atoms with Crippen LogP contribution in [0.2, 0.25) is 5.02 Å². The summed E-state index contributed by atoms with van der Waals surface area (Å²) in [5.74, 6) is 5.67. The first-order valence-electron chi connectivity index (χ1n) is 5.77. The highest BCUT2D eigenvalue weighted by molar-refractivity contribution is 6.30. The molecule has 1 atom stereocenters. The molecule has 0 spiro atoms. The topological polar surface area (TPSA) is 50.9 Å². The van der Waals surface area contributed by atoms with Crippen molar-refractivity contribution in [2.45, 2.75) is 19.9 Å². The van der Waals surface area contributed by atoms with E-state index in [1.54, 1.807) is 6.20 Å². The Balaban J connectivity index is 2.45. The first-order valence-corrected chi connectivity index (χ1v) is 6.15. The fraction of sp³-hybridized carbons (Fsp3) is 0.214. The summed E-state index contributed by atoms with van der Waals surface area (Å²) >= 11 is 5.85. The Morgan fingerprint density at radius 2 is 2.00 bits per heavy atom. The molecule has 0 radical (unpaired) electrons. The van der Waals surface area contributed by atoms with E-state index in [0.717, 1.165) is 11.3 Å². The molecule has 1 aromatic carbocycles. The number of aryl methyl sites for hydroxylation is 1. The number of benzene rings is 1. The van der Waals surface area contributed by atoms with Gasteiger partial charge in [-0.3, -0.25) is 10.8 Å². The Kier molecular flexibility index (Phi) is 3.97. The van der Waals surface area contributed by atoms with Gasteiger partial charge in [-0.15, -0.1) is 0 Å². The van der Waals surface area contributed by atoms with Gasteiger partial charge in [0.15, 0.2) is 0 Å². The number of pyridine rings is 1. The zero-order valence-corrected chi connectivity index (χ0v) is 11.2. The van der Waals surface area contributed by atoms with E-state index in [2.05, 4.69) is 36.4 Å². The Hall–Kier alpha value is -1.42. The molecule has 0 aliphatic carbocycles. The minimum atomic E-state index is -0.123. The maximum atomic E-state index is 5.85. The molecule has 2 aromatic rings. The summed E-state index contributed by atoms with van der Waals surface area (Å²) < 4.78 is 0. The highest BCUT2D eigenvalue weighted by Crippen LogP contribution is 2.25. The van der Waals surface area contributed by atoms with Crippen LogP contribution in [0.25, 0.3) is 0 Å². The number of halogens is 1. The lowest BCUT2D eigenvalue weighted by atomic mass is 9.95. The fourth-order valence-corrected chi connectivity index (χ4v) is 2.09. The van der Waals surface area contributed by atoms with Crippen molar-refractivity contribution in [3.05, 3.63) is 63.9 Å². The van der Waals surface area contributed by atoms with Crippen LogP contribution in [0.3, 0.4) is 0 Å². The largest absolute Gasteiger partial charge is 0.271 e. The molecule has 0 amide bonds. The SMILES string of the molecule is Cc1cccc(C(NN)c2ccc(Cl)cn2)c1C. The van der Waals surface area contributed by atoms with Crippen molar-refractivity contribution in [1.29, 1.82) is 0 Å². The molecule has 18 heavy (non-hydrogen) atoms. The third-order valence-corrected chi connectivity index (χ3v) is 3.39. The van der Waals surface area contributed by atoms with Crippen molar-refractivity contribution in [2.75, 3.05) is 0 Å². The van der Waals surface area contributed by atoms with Crippen molar-refractivity contribution >= 4 is 11.6 Å². The van der Waals surface area contributed by atoms with Crippen molar-refractivity contribution in [3.8, 4) is 0 Å². The van der Waals surface area contributed by atoms with E-state index in [1.807, 2.05) is 18.2 Å². The van der Waals surface area contributed by atoms with E-state index in [0.29, 0.717) is 5.02 Å². The second-order valence-corrected chi connectivity index (χ2v) is 4.73. The zero-order valence-electron chi connectivity index (χ0n) is 10.4. The third-order valence-electron chi connectivity index (χ3n) is 3.17. The van der Waals surface area contributed by atoms with Gasteiger partial charge in [-0.05, 0) is 42.7 Å². The molecule has 1 unspecified atom stereocenters. The highest BCUT2D eigenvalue weighted by atomic mass is 35.5. The lowest BCUT2D eigenvalue weighted by Gasteiger charge is -2.19. The Bertz CT molecular complexity index is 537. The van der Waals surface area contributed by atoms with Crippen LogP contribution in [0.1, 0.15) is 28.4 Å². The average molecular weight is 262 g/mol. The van der Waals surface area contributed by atoms with Crippen molar-refractivity contribution < 1.29 is 0 Å². The number of hydrogen-bond donors (Lipinski definition) is 2. The maximum absolute atomic E-state index is 5.85. The maximum Gasteiger partial charge on any atom is 0.0884 e. The predicted octanol–water partition coefficient (Wildman–Crippen LogP) is 2.90. The minimum absolute atomic E-state index is 0.123. The molecule has 3 N–H and O–H groups in total. The van der Waals surface area contributed by atoms with Crippen LogP contribution in [0.4, 0.5) is 0 Å². The van der Waals surface area contributed by atoms with Crippen LogP contribution >= 0.6 is 11.6 Å².